The number of nitrogens with zero attached hydrogens (tertiary/aromatic N) is 1. The van der Waals surface area contributed by atoms with E-state index in [1.54, 1.807) is 0 Å². The van der Waals surface area contributed by atoms with Crippen molar-refractivity contribution in [3.63, 3.8) is 0 Å². The second-order valence-corrected chi connectivity index (χ2v) is 8.27. The van der Waals surface area contributed by atoms with Crippen LogP contribution in [0.5, 0.6) is 0 Å². The average Bonchev–Trinajstić information content (AvgIpc) is 2.74. The zero-order valence-electron chi connectivity index (χ0n) is 15.9. The second-order valence-electron chi connectivity index (χ2n) is 7.35. The summed E-state index contributed by atoms with van der Waals surface area (Å²) in [6, 6.07) is 28.4. The summed E-state index contributed by atoms with van der Waals surface area (Å²) >= 11 is 3.49. The topological polar surface area (TPSA) is 32.3 Å². The standard InChI is InChI=1S/C25H19BrN2O/c1-16-6-8-17(9-7-16)24-27-23-15-19-5-3-2-4-18(19)14-22(23)25(29)28(24)21-12-10-20(26)11-13-21/h2-15,24,27H,1H3. The highest BCUT2D eigenvalue weighted by atomic mass is 79.9. The average molecular weight is 443 g/mol. The van der Waals surface area contributed by atoms with E-state index in [0.717, 1.165) is 32.2 Å². The van der Waals surface area contributed by atoms with Crippen molar-refractivity contribution in [3.8, 4) is 0 Å². The Labute approximate surface area is 178 Å². The molecule has 1 N–H and O–H groups in total. The van der Waals surface area contributed by atoms with E-state index in [2.05, 4.69) is 64.6 Å². The Hall–Kier alpha value is -3.11. The van der Waals surface area contributed by atoms with Crippen LogP contribution < -0.4 is 10.2 Å². The van der Waals surface area contributed by atoms with Crippen LogP contribution in [0.4, 0.5) is 11.4 Å². The molecule has 0 saturated heterocycles. The highest BCUT2D eigenvalue weighted by Crippen LogP contribution is 2.38. The van der Waals surface area contributed by atoms with Crippen LogP contribution in [0, 0.1) is 6.92 Å². The van der Waals surface area contributed by atoms with Gasteiger partial charge < -0.3 is 5.32 Å². The van der Waals surface area contributed by atoms with Gasteiger partial charge in [-0.3, -0.25) is 9.69 Å². The van der Waals surface area contributed by atoms with E-state index in [1.807, 2.05) is 53.4 Å². The Bertz CT molecular complexity index is 1220. The SMILES string of the molecule is Cc1ccc(C2Nc3cc4ccccc4cc3C(=O)N2c2ccc(Br)cc2)cc1. The first-order chi connectivity index (χ1) is 14.1. The number of halogens is 1. The number of hydrogen-bond acceptors (Lipinski definition) is 2. The van der Waals surface area contributed by atoms with Crippen molar-refractivity contribution in [1.82, 2.24) is 0 Å². The van der Waals surface area contributed by atoms with Crippen molar-refractivity contribution < 1.29 is 4.79 Å². The maximum absolute atomic E-state index is 13.7. The lowest BCUT2D eigenvalue weighted by molar-refractivity contribution is 0.0975. The molecule has 0 spiro atoms. The Morgan fingerprint density at radius 1 is 0.862 bits per heavy atom. The van der Waals surface area contributed by atoms with E-state index in [1.165, 1.54) is 5.56 Å². The largest absolute Gasteiger partial charge is 0.360 e. The zero-order valence-corrected chi connectivity index (χ0v) is 17.5. The Morgan fingerprint density at radius 2 is 1.52 bits per heavy atom. The van der Waals surface area contributed by atoms with Crippen LogP contribution in [-0.2, 0) is 0 Å². The van der Waals surface area contributed by atoms with Crippen molar-refractivity contribution in [2.75, 3.05) is 10.2 Å². The summed E-state index contributed by atoms with van der Waals surface area (Å²) in [4.78, 5) is 15.5. The first kappa shape index (κ1) is 18.0. The number of hydrogen-bond donors (Lipinski definition) is 1. The van der Waals surface area contributed by atoms with E-state index in [-0.39, 0.29) is 12.1 Å². The summed E-state index contributed by atoms with van der Waals surface area (Å²) in [5.41, 5.74) is 4.65. The highest BCUT2D eigenvalue weighted by Gasteiger charge is 2.34. The normalized spacial score (nSPS) is 15.9. The van der Waals surface area contributed by atoms with Crippen molar-refractivity contribution >= 4 is 44.0 Å². The molecule has 0 fully saturated rings. The summed E-state index contributed by atoms with van der Waals surface area (Å²) in [6.45, 7) is 2.07. The molecule has 1 aliphatic heterocycles. The molecule has 1 amide bonds. The van der Waals surface area contributed by atoms with Gasteiger partial charge in [-0.2, -0.15) is 0 Å². The molecule has 0 aromatic heterocycles. The molecule has 5 rings (SSSR count). The molecule has 142 valence electrons. The molecule has 0 saturated carbocycles. The molecule has 4 aromatic rings. The van der Waals surface area contributed by atoms with Gasteiger partial charge in [0.1, 0.15) is 6.17 Å². The second kappa shape index (κ2) is 7.05. The minimum atomic E-state index is -0.280. The molecule has 29 heavy (non-hydrogen) atoms. The molecule has 4 heteroatoms. The predicted molar refractivity (Wildman–Crippen MR) is 122 cm³/mol. The third kappa shape index (κ3) is 3.19. The number of anilines is 2. The third-order valence-electron chi connectivity index (χ3n) is 5.38. The van der Waals surface area contributed by atoms with E-state index in [9.17, 15) is 4.79 Å². The lowest BCUT2D eigenvalue weighted by Crippen LogP contribution is -2.43. The van der Waals surface area contributed by atoms with Gasteiger partial charge in [0.05, 0.1) is 5.56 Å². The minimum absolute atomic E-state index is 0.00241. The first-order valence-corrected chi connectivity index (χ1v) is 10.3. The van der Waals surface area contributed by atoms with Crippen molar-refractivity contribution in [2.45, 2.75) is 13.1 Å². The quantitative estimate of drug-likeness (QED) is 0.375. The number of rotatable bonds is 2. The summed E-state index contributed by atoms with van der Waals surface area (Å²) in [7, 11) is 0. The van der Waals surface area contributed by atoms with Gasteiger partial charge in [0.2, 0.25) is 0 Å². The Kier molecular flexibility index (Phi) is 4.36. The van der Waals surface area contributed by atoms with Crippen molar-refractivity contribution in [1.29, 1.82) is 0 Å². The van der Waals surface area contributed by atoms with Crippen LogP contribution in [-0.4, -0.2) is 5.91 Å². The van der Waals surface area contributed by atoms with Crippen LogP contribution in [0.3, 0.4) is 0 Å². The van der Waals surface area contributed by atoms with Crippen LogP contribution >= 0.6 is 15.9 Å². The maximum Gasteiger partial charge on any atom is 0.262 e. The van der Waals surface area contributed by atoms with Gasteiger partial charge in [0.25, 0.3) is 5.91 Å². The molecular formula is C25H19BrN2O. The number of carbonyl (C=O) groups is 1. The molecular weight excluding hydrogens is 424 g/mol. The lowest BCUT2D eigenvalue weighted by atomic mass is 9.98. The summed E-state index contributed by atoms with van der Waals surface area (Å²) < 4.78 is 0.983. The molecule has 0 bridgehead atoms. The van der Waals surface area contributed by atoms with Gasteiger partial charge >= 0.3 is 0 Å². The number of aryl methyl sites for hydroxylation is 1. The lowest BCUT2D eigenvalue weighted by Gasteiger charge is -2.38. The molecule has 1 aliphatic rings. The van der Waals surface area contributed by atoms with Crippen LogP contribution in [0.1, 0.15) is 27.7 Å². The monoisotopic (exact) mass is 442 g/mol. The van der Waals surface area contributed by atoms with Gasteiger partial charge in [-0.05, 0) is 59.7 Å². The number of fused-ring (bicyclic) bond motifs is 2. The highest BCUT2D eigenvalue weighted by molar-refractivity contribution is 9.10. The molecule has 3 nitrogen and oxygen atoms in total. The number of amides is 1. The van der Waals surface area contributed by atoms with Crippen LogP contribution in [0.2, 0.25) is 0 Å². The summed E-state index contributed by atoms with van der Waals surface area (Å²) in [5.74, 6) is -0.00241. The van der Waals surface area contributed by atoms with E-state index >= 15 is 0 Å². The number of nitrogens with one attached hydrogen (secondary N) is 1. The van der Waals surface area contributed by atoms with Crippen molar-refractivity contribution in [3.05, 3.63) is 106 Å². The minimum Gasteiger partial charge on any atom is -0.360 e. The number of carbonyl (C=O) groups excluding carboxylic acids is 1. The molecule has 1 heterocycles. The Morgan fingerprint density at radius 3 is 2.21 bits per heavy atom. The van der Waals surface area contributed by atoms with Crippen molar-refractivity contribution in [2.24, 2.45) is 0 Å². The fourth-order valence-electron chi connectivity index (χ4n) is 3.84. The van der Waals surface area contributed by atoms with E-state index in [4.69, 9.17) is 0 Å². The van der Waals surface area contributed by atoms with Gasteiger partial charge in [0.15, 0.2) is 0 Å². The van der Waals surface area contributed by atoms with Gasteiger partial charge in [-0.15, -0.1) is 0 Å². The molecule has 0 aliphatic carbocycles. The number of benzene rings is 4. The first-order valence-electron chi connectivity index (χ1n) is 9.55. The van der Waals surface area contributed by atoms with E-state index < -0.39 is 0 Å². The third-order valence-corrected chi connectivity index (χ3v) is 5.91. The molecule has 4 aromatic carbocycles. The predicted octanol–water partition coefficient (Wildman–Crippen LogP) is 6.68. The summed E-state index contributed by atoms with van der Waals surface area (Å²) in [5, 5.41) is 5.79. The van der Waals surface area contributed by atoms with Gasteiger partial charge in [-0.25, -0.2) is 0 Å². The summed E-state index contributed by atoms with van der Waals surface area (Å²) in [6.07, 6.45) is -0.280. The van der Waals surface area contributed by atoms with Gasteiger partial charge in [0, 0.05) is 15.8 Å². The van der Waals surface area contributed by atoms with Crippen LogP contribution in [0.25, 0.3) is 10.8 Å². The fraction of sp³-hybridized carbons (Fsp3) is 0.0800. The zero-order chi connectivity index (χ0) is 20.0. The molecule has 1 unspecified atom stereocenters. The van der Waals surface area contributed by atoms with Gasteiger partial charge in [-0.1, -0.05) is 70.0 Å². The van der Waals surface area contributed by atoms with E-state index in [0.29, 0.717) is 5.56 Å². The Balaban J connectivity index is 1.69. The molecule has 1 atom stereocenters. The smallest absolute Gasteiger partial charge is 0.262 e. The van der Waals surface area contributed by atoms with Crippen LogP contribution in [0.15, 0.2) is 89.4 Å². The maximum atomic E-state index is 13.7. The molecule has 0 radical (unpaired) electrons. The fourth-order valence-corrected chi connectivity index (χ4v) is 4.11.